The molecular weight excluding hydrogens is 362 g/mol. The molecule has 21 heavy (non-hydrogen) atoms. The number of sulfone groups is 1. The van der Waals surface area contributed by atoms with Crippen molar-refractivity contribution in [1.82, 2.24) is 4.90 Å². The smallest absolute Gasteiger partial charge is 0.337 e. The molecule has 0 spiro atoms. The average molecular weight is 378 g/mol. The van der Waals surface area contributed by atoms with Gasteiger partial charge in [0.1, 0.15) is 0 Å². The molecule has 0 fully saturated rings. The lowest BCUT2D eigenvalue weighted by molar-refractivity contribution is -0.128. The van der Waals surface area contributed by atoms with E-state index in [1.165, 1.54) is 23.1 Å². The normalized spacial score (nSPS) is 11.2. The van der Waals surface area contributed by atoms with Gasteiger partial charge in [0, 0.05) is 25.0 Å². The van der Waals surface area contributed by atoms with Crippen molar-refractivity contribution in [2.75, 3.05) is 19.8 Å². The van der Waals surface area contributed by atoms with Gasteiger partial charge in [0.2, 0.25) is 5.91 Å². The number of carbonyl (C=O) groups is 2. The standard InChI is InChI=1S/C13H16BrNO5S/c1-15(2)12(16)4-3-7-21(19,20)11-8-9(14)5-6-10(11)13(17)18/h5-6,8H,3-4,7H2,1-2H3,(H,17,18). The molecule has 6 nitrogen and oxygen atoms in total. The molecule has 1 aromatic carbocycles. The lowest BCUT2D eigenvalue weighted by Gasteiger charge is -2.11. The Morgan fingerprint density at radius 3 is 2.43 bits per heavy atom. The highest BCUT2D eigenvalue weighted by Crippen LogP contribution is 2.23. The van der Waals surface area contributed by atoms with E-state index >= 15 is 0 Å². The van der Waals surface area contributed by atoms with Gasteiger partial charge >= 0.3 is 5.97 Å². The molecule has 0 aliphatic carbocycles. The zero-order valence-corrected chi connectivity index (χ0v) is 14.1. The first-order valence-corrected chi connectivity index (χ1v) is 8.55. The fraction of sp³-hybridized carbons (Fsp3) is 0.385. The summed E-state index contributed by atoms with van der Waals surface area (Å²) in [6, 6.07) is 3.98. The predicted molar refractivity (Wildman–Crippen MR) is 81.1 cm³/mol. The molecule has 1 N–H and O–H groups in total. The molecule has 0 radical (unpaired) electrons. The second-order valence-electron chi connectivity index (χ2n) is 4.66. The summed E-state index contributed by atoms with van der Waals surface area (Å²) in [5.41, 5.74) is -0.267. The minimum Gasteiger partial charge on any atom is -0.478 e. The molecule has 0 atom stereocenters. The van der Waals surface area contributed by atoms with Crippen molar-refractivity contribution in [3.05, 3.63) is 28.2 Å². The van der Waals surface area contributed by atoms with Gasteiger partial charge in [-0.2, -0.15) is 0 Å². The van der Waals surface area contributed by atoms with E-state index in [0.29, 0.717) is 4.47 Å². The third-order valence-electron chi connectivity index (χ3n) is 2.81. The molecule has 0 aliphatic heterocycles. The summed E-state index contributed by atoms with van der Waals surface area (Å²) in [6.45, 7) is 0. The van der Waals surface area contributed by atoms with Gasteiger partial charge in [0.05, 0.1) is 16.2 Å². The van der Waals surface area contributed by atoms with E-state index in [1.54, 1.807) is 14.1 Å². The summed E-state index contributed by atoms with van der Waals surface area (Å²) >= 11 is 3.13. The largest absolute Gasteiger partial charge is 0.478 e. The molecule has 1 amide bonds. The van der Waals surface area contributed by atoms with Crippen LogP contribution in [0.1, 0.15) is 23.2 Å². The average Bonchev–Trinajstić information content (AvgIpc) is 2.37. The van der Waals surface area contributed by atoms with Crippen molar-refractivity contribution in [3.8, 4) is 0 Å². The van der Waals surface area contributed by atoms with Crippen LogP contribution in [0, 0.1) is 0 Å². The Morgan fingerprint density at radius 2 is 1.90 bits per heavy atom. The third kappa shape index (κ3) is 4.82. The molecule has 0 saturated carbocycles. The number of carboxylic acids is 1. The van der Waals surface area contributed by atoms with Crippen LogP contribution in [0.4, 0.5) is 0 Å². The Hall–Kier alpha value is -1.41. The monoisotopic (exact) mass is 377 g/mol. The fourth-order valence-corrected chi connectivity index (χ4v) is 3.73. The van der Waals surface area contributed by atoms with E-state index in [9.17, 15) is 18.0 Å². The predicted octanol–water partition coefficient (Wildman–Crippen LogP) is 1.79. The van der Waals surface area contributed by atoms with E-state index in [1.807, 2.05) is 0 Å². The van der Waals surface area contributed by atoms with Crippen LogP contribution in [0.25, 0.3) is 0 Å². The van der Waals surface area contributed by atoms with E-state index in [4.69, 9.17) is 5.11 Å². The second-order valence-corrected chi connectivity index (χ2v) is 7.65. The molecule has 8 heteroatoms. The van der Waals surface area contributed by atoms with Gasteiger partial charge in [0.15, 0.2) is 9.84 Å². The molecular formula is C13H16BrNO5S. The summed E-state index contributed by atoms with van der Waals surface area (Å²) in [5.74, 6) is -1.74. The van der Waals surface area contributed by atoms with E-state index < -0.39 is 15.8 Å². The first kappa shape index (κ1) is 17.6. The number of amides is 1. The van der Waals surface area contributed by atoms with Crippen molar-refractivity contribution in [1.29, 1.82) is 0 Å². The Morgan fingerprint density at radius 1 is 1.29 bits per heavy atom. The van der Waals surface area contributed by atoms with E-state index in [-0.39, 0.29) is 35.0 Å². The Kier molecular flexibility index (Phi) is 5.91. The highest BCUT2D eigenvalue weighted by atomic mass is 79.9. The maximum absolute atomic E-state index is 12.3. The van der Waals surface area contributed by atoms with Crippen molar-refractivity contribution in [2.45, 2.75) is 17.7 Å². The van der Waals surface area contributed by atoms with Crippen LogP contribution in [0.15, 0.2) is 27.6 Å². The zero-order valence-electron chi connectivity index (χ0n) is 11.7. The molecule has 0 aliphatic rings. The summed E-state index contributed by atoms with van der Waals surface area (Å²) < 4.78 is 25.0. The van der Waals surface area contributed by atoms with E-state index in [0.717, 1.165) is 0 Å². The van der Waals surface area contributed by atoms with Crippen LogP contribution in [-0.2, 0) is 14.6 Å². The number of aromatic carboxylic acids is 1. The van der Waals surface area contributed by atoms with E-state index in [2.05, 4.69) is 15.9 Å². The quantitative estimate of drug-likeness (QED) is 0.815. The summed E-state index contributed by atoms with van der Waals surface area (Å²) in [4.78, 5) is 23.7. The van der Waals surface area contributed by atoms with Gasteiger partial charge in [0.25, 0.3) is 0 Å². The van der Waals surface area contributed by atoms with Gasteiger partial charge in [-0.05, 0) is 24.6 Å². The third-order valence-corrected chi connectivity index (χ3v) is 5.14. The Balaban J connectivity index is 2.95. The minimum atomic E-state index is -3.76. The number of carbonyl (C=O) groups excluding carboxylic acids is 1. The van der Waals surface area contributed by atoms with Crippen molar-refractivity contribution in [3.63, 3.8) is 0 Å². The summed E-state index contributed by atoms with van der Waals surface area (Å²) in [7, 11) is -0.580. The number of hydrogen-bond acceptors (Lipinski definition) is 4. The van der Waals surface area contributed by atoms with Crippen LogP contribution < -0.4 is 0 Å². The van der Waals surface area contributed by atoms with Gasteiger partial charge in [-0.25, -0.2) is 13.2 Å². The minimum absolute atomic E-state index is 0.0998. The molecule has 116 valence electrons. The maximum Gasteiger partial charge on any atom is 0.337 e. The number of benzene rings is 1. The van der Waals surface area contributed by atoms with Crippen LogP contribution in [0.3, 0.4) is 0 Å². The van der Waals surface area contributed by atoms with Crippen molar-refractivity contribution >= 4 is 37.6 Å². The molecule has 0 heterocycles. The fourth-order valence-electron chi connectivity index (χ4n) is 1.68. The summed E-state index contributed by atoms with van der Waals surface area (Å²) in [6.07, 6.45) is 0.244. The van der Waals surface area contributed by atoms with Crippen molar-refractivity contribution in [2.24, 2.45) is 0 Å². The van der Waals surface area contributed by atoms with Gasteiger partial charge in [-0.15, -0.1) is 0 Å². The topological polar surface area (TPSA) is 91.8 Å². The summed E-state index contributed by atoms with van der Waals surface area (Å²) in [5, 5.41) is 9.07. The molecule has 0 aromatic heterocycles. The SMILES string of the molecule is CN(C)C(=O)CCCS(=O)(=O)c1cc(Br)ccc1C(=O)O. The molecule has 0 saturated heterocycles. The first-order chi connectivity index (χ1) is 9.65. The van der Waals surface area contributed by atoms with Crippen LogP contribution in [-0.4, -0.2) is 50.1 Å². The van der Waals surface area contributed by atoms with Crippen LogP contribution in [0.5, 0.6) is 0 Å². The van der Waals surface area contributed by atoms with Gasteiger partial charge < -0.3 is 10.0 Å². The lowest BCUT2D eigenvalue weighted by Crippen LogP contribution is -2.22. The second kappa shape index (κ2) is 7.04. The number of halogens is 1. The highest BCUT2D eigenvalue weighted by Gasteiger charge is 2.23. The van der Waals surface area contributed by atoms with Crippen LogP contribution >= 0.6 is 15.9 Å². The molecule has 1 aromatic rings. The molecule has 0 bridgehead atoms. The first-order valence-electron chi connectivity index (χ1n) is 6.11. The number of hydrogen-bond donors (Lipinski definition) is 1. The number of rotatable bonds is 6. The number of nitrogens with zero attached hydrogens (tertiary/aromatic N) is 1. The highest BCUT2D eigenvalue weighted by molar-refractivity contribution is 9.10. The maximum atomic E-state index is 12.3. The van der Waals surface area contributed by atoms with Crippen LogP contribution in [0.2, 0.25) is 0 Å². The Labute approximate surface area is 131 Å². The van der Waals surface area contributed by atoms with Gasteiger partial charge in [-0.1, -0.05) is 15.9 Å². The zero-order chi connectivity index (χ0) is 16.2. The lowest BCUT2D eigenvalue weighted by atomic mass is 10.2. The number of carboxylic acid groups (broad SMARTS) is 1. The van der Waals surface area contributed by atoms with Crippen molar-refractivity contribution < 1.29 is 23.1 Å². The molecule has 0 unspecified atom stereocenters. The van der Waals surface area contributed by atoms with Gasteiger partial charge in [-0.3, -0.25) is 4.79 Å². The Bertz CT molecular complexity index is 655. The molecule has 1 rings (SSSR count).